The number of nitrogens with one attached hydrogen (secondary N) is 3. The highest BCUT2D eigenvalue weighted by Crippen LogP contribution is 2.42. The number of H-pyrrole nitrogens is 1. The van der Waals surface area contributed by atoms with Gasteiger partial charge in [0.15, 0.2) is 5.69 Å². The zero-order valence-corrected chi connectivity index (χ0v) is 20.1. The summed E-state index contributed by atoms with van der Waals surface area (Å²) in [7, 11) is 0. The molecule has 3 heterocycles. The van der Waals surface area contributed by atoms with E-state index in [4.69, 9.17) is 4.74 Å². The van der Waals surface area contributed by atoms with Crippen molar-refractivity contribution < 1.29 is 29.6 Å². The van der Waals surface area contributed by atoms with Crippen molar-refractivity contribution in [2.24, 2.45) is 0 Å². The number of amides is 3. The van der Waals surface area contributed by atoms with Crippen LogP contribution in [0.2, 0.25) is 0 Å². The number of quaternary nitrogens is 1. The summed E-state index contributed by atoms with van der Waals surface area (Å²) in [6, 6.07) is 12.4. The van der Waals surface area contributed by atoms with E-state index in [-0.39, 0.29) is 24.6 Å². The number of hydrogen-bond acceptors (Lipinski definition) is 6. The molecule has 2 aliphatic rings. The van der Waals surface area contributed by atoms with Crippen LogP contribution >= 0.6 is 0 Å². The maximum absolute atomic E-state index is 13.6. The third kappa shape index (κ3) is 4.17. The van der Waals surface area contributed by atoms with Crippen molar-refractivity contribution in [3.05, 3.63) is 70.6 Å². The highest BCUT2D eigenvalue weighted by molar-refractivity contribution is 5.98. The molecule has 0 aliphatic carbocycles. The summed E-state index contributed by atoms with van der Waals surface area (Å²) in [5.74, 6) is -0.832. The Bertz CT molecular complexity index is 1360. The molecule has 0 bridgehead atoms. The highest BCUT2D eigenvalue weighted by atomic mass is 16.8. The molecule has 3 amide bonds. The third-order valence-corrected chi connectivity index (χ3v) is 6.34. The number of rotatable bonds is 3. The number of aromatic amines is 1. The monoisotopic (exact) mass is 493 g/mol. The van der Waals surface area contributed by atoms with Crippen molar-refractivity contribution in [2.45, 2.75) is 44.9 Å². The summed E-state index contributed by atoms with van der Waals surface area (Å²) < 4.78 is 5.26. The molecule has 0 saturated carbocycles. The molecule has 5 rings (SSSR count). The van der Waals surface area contributed by atoms with E-state index in [0.717, 1.165) is 27.2 Å². The number of carbonyl (C=O) groups excluding carboxylic acids is 3. The van der Waals surface area contributed by atoms with Gasteiger partial charge in [0.05, 0.1) is 6.04 Å². The van der Waals surface area contributed by atoms with Crippen LogP contribution in [-0.4, -0.2) is 56.2 Å². The molecular weight excluding hydrogens is 466 g/mol. The molecule has 2 unspecified atom stereocenters. The molecular formula is C25H27N5O6. The predicted molar refractivity (Wildman–Crippen MR) is 128 cm³/mol. The van der Waals surface area contributed by atoms with Crippen LogP contribution in [0.15, 0.2) is 48.5 Å². The number of nitrogens with zero attached hydrogens (tertiary/aromatic N) is 2. The third-order valence-electron chi connectivity index (χ3n) is 6.34. The summed E-state index contributed by atoms with van der Waals surface area (Å²) >= 11 is 0. The van der Waals surface area contributed by atoms with E-state index in [1.54, 1.807) is 32.9 Å². The summed E-state index contributed by atoms with van der Waals surface area (Å²) in [5.41, 5.74) is 4.75. The lowest BCUT2D eigenvalue weighted by molar-refractivity contribution is -0.991. The maximum Gasteiger partial charge on any atom is 0.426 e. The van der Waals surface area contributed by atoms with Gasteiger partial charge < -0.3 is 19.8 Å². The number of aromatic nitrogens is 1. The van der Waals surface area contributed by atoms with E-state index in [0.29, 0.717) is 5.56 Å². The number of piperazine rings is 1. The molecule has 0 radical (unpaired) electrons. The smallest absolute Gasteiger partial charge is 0.426 e. The molecule has 2 aliphatic heterocycles. The van der Waals surface area contributed by atoms with Gasteiger partial charge in [0.25, 0.3) is 5.91 Å². The summed E-state index contributed by atoms with van der Waals surface area (Å²) in [4.78, 5) is 44.3. The number of benzene rings is 2. The van der Waals surface area contributed by atoms with Crippen LogP contribution in [0.5, 0.6) is 0 Å². The minimum absolute atomic E-state index is 0.0799. The second kappa shape index (κ2) is 8.63. The molecule has 11 nitrogen and oxygen atoms in total. The lowest BCUT2D eigenvalue weighted by Crippen LogP contribution is -2.99. The van der Waals surface area contributed by atoms with E-state index in [2.05, 4.69) is 10.4 Å². The fourth-order valence-corrected chi connectivity index (χ4v) is 4.96. The van der Waals surface area contributed by atoms with Gasteiger partial charge in [-0.15, -0.1) is 0 Å². The average molecular weight is 494 g/mol. The fourth-order valence-electron chi connectivity index (χ4n) is 4.96. The normalized spacial score (nSPS) is 20.7. The van der Waals surface area contributed by atoms with Gasteiger partial charge in [-0.1, -0.05) is 30.3 Å². The lowest BCUT2D eigenvalue weighted by Gasteiger charge is -2.46. The van der Waals surface area contributed by atoms with Gasteiger partial charge in [-0.25, -0.2) is 20.4 Å². The zero-order valence-electron chi connectivity index (χ0n) is 20.1. The van der Waals surface area contributed by atoms with Crippen molar-refractivity contribution >= 4 is 34.5 Å². The fraction of sp³-hybridized carbons (Fsp3) is 0.320. The first-order valence-corrected chi connectivity index (χ1v) is 11.6. The first kappa shape index (κ1) is 23.8. The van der Waals surface area contributed by atoms with Crippen LogP contribution < -0.4 is 10.7 Å². The van der Waals surface area contributed by atoms with E-state index in [1.807, 2.05) is 24.3 Å². The second-order valence-corrected chi connectivity index (χ2v) is 9.95. The minimum Gasteiger partial charge on any atom is -0.595 e. The molecule has 1 saturated heterocycles. The lowest BCUT2D eigenvalue weighted by atomic mass is 9.86. The summed E-state index contributed by atoms with van der Waals surface area (Å²) in [5, 5.41) is 22.0. The quantitative estimate of drug-likeness (QED) is 0.409. The molecule has 36 heavy (non-hydrogen) atoms. The van der Waals surface area contributed by atoms with Gasteiger partial charge in [0, 0.05) is 35.2 Å². The van der Waals surface area contributed by atoms with Crippen molar-refractivity contribution in [3.8, 4) is 0 Å². The maximum atomic E-state index is 13.6. The Balaban J connectivity index is 1.58. The van der Waals surface area contributed by atoms with E-state index < -0.39 is 34.9 Å². The average Bonchev–Trinajstić information content (AvgIpc) is 3.18. The Kier molecular flexibility index (Phi) is 5.70. The molecule has 4 N–H and O–H groups in total. The topological polar surface area (TPSA) is 142 Å². The SMILES string of the molecule is CC(C)(C)OC(=O)NN1CC(=O)N2C(c3cccc([NH+]([O-])O)c3)c3[nH]c4ccccc4c3C[C@H]2C1=O. The Labute approximate surface area is 206 Å². The van der Waals surface area contributed by atoms with Crippen molar-refractivity contribution in [1.82, 2.24) is 20.3 Å². The number of hydrogen-bond donors (Lipinski definition) is 4. The van der Waals surface area contributed by atoms with E-state index in [9.17, 15) is 24.8 Å². The first-order valence-electron chi connectivity index (χ1n) is 11.6. The molecule has 2 aromatic carbocycles. The molecule has 188 valence electrons. The van der Waals surface area contributed by atoms with Crippen molar-refractivity contribution in [1.29, 1.82) is 0 Å². The van der Waals surface area contributed by atoms with E-state index in [1.165, 1.54) is 17.0 Å². The second-order valence-electron chi connectivity index (χ2n) is 9.95. The Morgan fingerprint density at radius 3 is 2.67 bits per heavy atom. The van der Waals surface area contributed by atoms with Crippen LogP contribution in [-0.2, 0) is 20.7 Å². The number of ether oxygens (including phenoxy) is 1. The number of para-hydroxylation sites is 1. The Hall–Kier alpha value is -3.93. The van der Waals surface area contributed by atoms with Gasteiger partial charge in [-0.2, -0.15) is 5.23 Å². The number of fused-ring (bicyclic) bond motifs is 4. The number of carbonyl (C=O) groups is 3. The summed E-state index contributed by atoms with van der Waals surface area (Å²) in [6.07, 6.45) is -0.586. The molecule has 11 heteroatoms. The largest absolute Gasteiger partial charge is 0.595 e. The standard InChI is InChI=1S/C25H27N5O6/c1-25(2,3)36-24(33)27-28-13-20(31)29-19(23(28)32)12-17-16-9-4-5-10-18(16)26-21(17)22(29)14-7-6-8-15(11-14)30(34)35/h4-11,19,22,26,30,34H,12-13H2,1-3H3,(H,27,33)/t19-,22?/m0/s1. The van der Waals surface area contributed by atoms with Crippen LogP contribution in [0, 0.1) is 5.21 Å². The van der Waals surface area contributed by atoms with Crippen LogP contribution in [0.4, 0.5) is 10.5 Å². The molecule has 1 aromatic heterocycles. The van der Waals surface area contributed by atoms with Crippen molar-refractivity contribution in [2.75, 3.05) is 6.54 Å². The van der Waals surface area contributed by atoms with Gasteiger partial charge >= 0.3 is 6.09 Å². The molecule has 3 aromatic rings. The van der Waals surface area contributed by atoms with Gasteiger partial charge in [0.1, 0.15) is 18.2 Å². The zero-order chi connectivity index (χ0) is 25.8. The van der Waals surface area contributed by atoms with Gasteiger partial charge in [-0.3, -0.25) is 9.59 Å². The van der Waals surface area contributed by atoms with E-state index >= 15 is 0 Å². The molecule has 0 spiro atoms. The predicted octanol–water partition coefficient (Wildman–Crippen LogP) is 1.70. The minimum atomic E-state index is -1.09. The van der Waals surface area contributed by atoms with Gasteiger partial charge in [0.2, 0.25) is 5.91 Å². The summed E-state index contributed by atoms with van der Waals surface area (Å²) in [6.45, 7) is 4.73. The van der Waals surface area contributed by atoms with Crippen LogP contribution in [0.25, 0.3) is 10.9 Å². The van der Waals surface area contributed by atoms with Crippen molar-refractivity contribution in [3.63, 3.8) is 0 Å². The first-order chi connectivity index (χ1) is 17.0. The van der Waals surface area contributed by atoms with Crippen LogP contribution in [0.3, 0.4) is 0 Å². The Morgan fingerprint density at radius 1 is 1.19 bits per heavy atom. The Morgan fingerprint density at radius 2 is 1.94 bits per heavy atom. The van der Waals surface area contributed by atoms with Gasteiger partial charge in [-0.05, 0) is 38.0 Å². The number of hydrazine groups is 1. The molecule has 3 atom stereocenters. The molecule has 1 fully saturated rings. The highest BCUT2D eigenvalue weighted by Gasteiger charge is 2.49. The van der Waals surface area contributed by atoms with Crippen LogP contribution in [0.1, 0.15) is 43.6 Å².